The highest BCUT2D eigenvalue weighted by Crippen LogP contribution is 2.38. The molecule has 1 aromatic carbocycles. The van der Waals surface area contributed by atoms with Crippen LogP contribution in [0.4, 0.5) is 5.13 Å². The van der Waals surface area contributed by atoms with Crippen molar-refractivity contribution in [2.75, 3.05) is 45.6 Å². The number of likely N-dealkylation sites (tertiary alicyclic amines) is 1. The Labute approximate surface area is 183 Å². The third-order valence-corrected chi connectivity index (χ3v) is 7.37. The Balaban J connectivity index is 1.40. The number of anilines is 1. The summed E-state index contributed by atoms with van der Waals surface area (Å²) < 4.78 is 6.10. The minimum Gasteiger partial charge on any atom is -0.492 e. The first kappa shape index (κ1) is 21.1. The highest BCUT2D eigenvalue weighted by molar-refractivity contribution is 7.17. The highest BCUT2D eigenvalue weighted by Gasteiger charge is 2.37. The van der Waals surface area contributed by atoms with Gasteiger partial charge in [-0.25, -0.2) is 4.98 Å². The molecule has 1 spiro atoms. The molecule has 162 valence electrons. The molecular weight excluding hydrogens is 396 g/mol. The predicted molar refractivity (Wildman–Crippen MR) is 121 cm³/mol. The number of likely N-dealkylation sites (N-methyl/N-ethyl adjacent to an activating group) is 1. The molecule has 1 fully saturated rings. The van der Waals surface area contributed by atoms with Crippen LogP contribution in [0.3, 0.4) is 0 Å². The first-order chi connectivity index (χ1) is 14.5. The number of fused-ring (bicyclic) bond motifs is 1. The average Bonchev–Trinajstić information content (AvgIpc) is 3.18. The van der Waals surface area contributed by atoms with Crippen molar-refractivity contribution < 1.29 is 9.53 Å². The molecule has 1 saturated heterocycles. The first-order valence-corrected chi connectivity index (χ1v) is 11.8. The molecule has 0 bridgehead atoms. The number of carbonyl (C=O) groups excluding carboxylic acids is 1. The van der Waals surface area contributed by atoms with Crippen LogP contribution in [0.25, 0.3) is 0 Å². The molecule has 2 aromatic rings. The fraction of sp³-hybridized carbons (Fsp3) is 0.565. The fourth-order valence-corrected chi connectivity index (χ4v) is 5.50. The van der Waals surface area contributed by atoms with Gasteiger partial charge in [-0.2, -0.15) is 0 Å². The van der Waals surface area contributed by atoms with Crippen LogP contribution >= 0.6 is 11.3 Å². The van der Waals surface area contributed by atoms with Crippen LogP contribution in [0.1, 0.15) is 47.3 Å². The molecule has 0 aliphatic carbocycles. The Morgan fingerprint density at radius 2 is 1.97 bits per heavy atom. The number of nitrogen functional groups attached to an aromatic ring is 1. The number of carbonyl (C=O) groups is 1. The Hall–Kier alpha value is -2.12. The van der Waals surface area contributed by atoms with Crippen molar-refractivity contribution in [2.45, 2.75) is 38.5 Å². The van der Waals surface area contributed by atoms with Gasteiger partial charge in [-0.15, -0.1) is 0 Å². The number of ether oxygens (including phenoxy) is 1. The molecule has 0 atom stereocenters. The topological polar surface area (TPSA) is 71.7 Å². The van der Waals surface area contributed by atoms with Crippen LogP contribution < -0.4 is 10.5 Å². The number of thiazole rings is 1. The van der Waals surface area contributed by atoms with Crippen LogP contribution in [0, 0.1) is 5.41 Å². The van der Waals surface area contributed by atoms with E-state index in [4.69, 9.17) is 10.5 Å². The van der Waals surface area contributed by atoms with E-state index in [0.29, 0.717) is 16.6 Å². The maximum Gasteiger partial charge on any atom is 0.265 e. The summed E-state index contributed by atoms with van der Waals surface area (Å²) in [5, 5.41) is 0.455. The molecule has 6 nitrogen and oxygen atoms in total. The van der Waals surface area contributed by atoms with Gasteiger partial charge < -0.3 is 20.3 Å². The number of nitrogens with zero attached hydrogens (tertiary/aromatic N) is 3. The molecule has 3 heterocycles. The van der Waals surface area contributed by atoms with Gasteiger partial charge in [0.1, 0.15) is 17.2 Å². The lowest BCUT2D eigenvalue weighted by atomic mass is 9.73. The van der Waals surface area contributed by atoms with Crippen molar-refractivity contribution in [1.82, 2.24) is 14.8 Å². The summed E-state index contributed by atoms with van der Waals surface area (Å²) >= 11 is 1.28. The van der Waals surface area contributed by atoms with Crippen molar-refractivity contribution in [2.24, 2.45) is 5.41 Å². The number of piperidine rings is 1. The van der Waals surface area contributed by atoms with Gasteiger partial charge in [0.15, 0.2) is 5.13 Å². The second-order valence-corrected chi connectivity index (χ2v) is 9.82. The number of hydrogen-bond acceptors (Lipinski definition) is 6. The molecule has 7 heteroatoms. The van der Waals surface area contributed by atoms with E-state index < -0.39 is 0 Å². The van der Waals surface area contributed by atoms with Gasteiger partial charge in [-0.3, -0.25) is 4.79 Å². The predicted octanol–water partition coefficient (Wildman–Crippen LogP) is 3.68. The minimum atomic E-state index is 0.0746. The zero-order valence-corrected chi connectivity index (χ0v) is 18.6. The number of aromatic nitrogens is 1. The van der Waals surface area contributed by atoms with Crippen LogP contribution in [-0.4, -0.2) is 60.5 Å². The molecule has 1 aromatic heterocycles. The molecule has 4 rings (SSSR count). The SMILES string of the molecule is CN1CCOc2ccccc2CCCCC2(CCN(C(=O)c3cnc(N)s3)CC2)C1. The summed E-state index contributed by atoms with van der Waals surface area (Å²) in [4.78, 5) is 21.9. The van der Waals surface area contributed by atoms with E-state index in [1.807, 2.05) is 4.90 Å². The van der Waals surface area contributed by atoms with Crippen molar-refractivity contribution in [3.05, 3.63) is 40.9 Å². The number of hydrogen-bond donors (Lipinski definition) is 1. The number of amides is 1. The monoisotopic (exact) mass is 428 g/mol. The summed E-state index contributed by atoms with van der Waals surface area (Å²) in [5.41, 5.74) is 7.30. The summed E-state index contributed by atoms with van der Waals surface area (Å²) in [6.45, 7) is 4.31. The average molecular weight is 429 g/mol. The fourth-order valence-electron chi connectivity index (χ4n) is 4.84. The molecule has 2 N–H and O–H groups in total. The molecule has 2 aliphatic rings. The second kappa shape index (κ2) is 9.35. The molecule has 0 unspecified atom stereocenters. The highest BCUT2D eigenvalue weighted by atomic mass is 32.1. The van der Waals surface area contributed by atoms with Crippen molar-refractivity contribution in [1.29, 1.82) is 0 Å². The zero-order valence-electron chi connectivity index (χ0n) is 17.8. The Bertz CT molecular complexity index is 860. The van der Waals surface area contributed by atoms with Gasteiger partial charge in [-0.1, -0.05) is 36.0 Å². The smallest absolute Gasteiger partial charge is 0.265 e. The third kappa shape index (κ3) is 4.95. The van der Waals surface area contributed by atoms with Crippen LogP contribution in [0.15, 0.2) is 30.5 Å². The lowest BCUT2D eigenvalue weighted by Crippen LogP contribution is -2.47. The summed E-state index contributed by atoms with van der Waals surface area (Å²) in [6.07, 6.45) is 8.38. The summed E-state index contributed by atoms with van der Waals surface area (Å²) in [5.74, 6) is 1.11. The Kier molecular flexibility index (Phi) is 6.58. The lowest BCUT2D eigenvalue weighted by Gasteiger charge is -2.44. The number of benzene rings is 1. The molecule has 1 amide bonds. The molecular formula is C23H32N4O2S. The first-order valence-electron chi connectivity index (χ1n) is 10.9. The van der Waals surface area contributed by atoms with Gasteiger partial charge in [0.25, 0.3) is 5.91 Å². The van der Waals surface area contributed by atoms with Gasteiger partial charge >= 0.3 is 0 Å². The van der Waals surface area contributed by atoms with E-state index in [2.05, 4.69) is 41.2 Å². The van der Waals surface area contributed by atoms with E-state index in [1.165, 1.54) is 36.2 Å². The normalized spacial score (nSPS) is 20.6. The number of aryl methyl sites for hydroxylation is 1. The van der Waals surface area contributed by atoms with Gasteiger partial charge in [0.05, 0.1) is 6.20 Å². The summed E-state index contributed by atoms with van der Waals surface area (Å²) in [6, 6.07) is 8.44. The van der Waals surface area contributed by atoms with Gasteiger partial charge in [-0.05, 0) is 56.2 Å². The van der Waals surface area contributed by atoms with E-state index >= 15 is 0 Å². The van der Waals surface area contributed by atoms with Gasteiger partial charge in [0.2, 0.25) is 0 Å². The quantitative estimate of drug-likeness (QED) is 0.750. The lowest BCUT2D eigenvalue weighted by molar-refractivity contribution is 0.0428. The zero-order chi connectivity index (χ0) is 21.0. The molecule has 2 aliphatic heterocycles. The largest absolute Gasteiger partial charge is 0.492 e. The Morgan fingerprint density at radius 3 is 2.73 bits per heavy atom. The van der Waals surface area contributed by atoms with E-state index in [0.717, 1.165) is 51.2 Å². The second-order valence-electron chi connectivity index (χ2n) is 8.76. The Morgan fingerprint density at radius 1 is 1.17 bits per heavy atom. The molecule has 0 radical (unpaired) electrons. The summed E-state index contributed by atoms with van der Waals surface area (Å²) in [7, 11) is 2.19. The standard InChI is InChI=1S/C23H32N4O2S/c1-26-14-15-29-19-8-3-2-6-18(19)7-4-5-9-23(17-26)10-12-27(13-11-23)21(28)20-16-25-22(24)30-20/h2-3,6,8,16H,4-5,7,9-15,17H2,1H3,(H2,24,25). The van der Waals surface area contributed by atoms with E-state index in [-0.39, 0.29) is 11.3 Å². The molecule has 0 saturated carbocycles. The minimum absolute atomic E-state index is 0.0746. The number of para-hydroxylation sites is 1. The third-order valence-electron chi connectivity index (χ3n) is 6.56. The van der Waals surface area contributed by atoms with E-state index in [9.17, 15) is 4.79 Å². The maximum atomic E-state index is 12.8. The van der Waals surface area contributed by atoms with E-state index in [1.54, 1.807) is 6.20 Å². The van der Waals surface area contributed by atoms with Gasteiger partial charge in [0, 0.05) is 26.2 Å². The van der Waals surface area contributed by atoms with Crippen LogP contribution in [0.5, 0.6) is 5.75 Å². The number of rotatable bonds is 1. The van der Waals surface area contributed by atoms with Crippen molar-refractivity contribution in [3.8, 4) is 5.75 Å². The van der Waals surface area contributed by atoms with Crippen molar-refractivity contribution >= 4 is 22.4 Å². The maximum absolute atomic E-state index is 12.8. The van der Waals surface area contributed by atoms with Crippen LogP contribution in [0.2, 0.25) is 0 Å². The van der Waals surface area contributed by atoms with Crippen molar-refractivity contribution in [3.63, 3.8) is 0 Å². The number of nitrogens with two attached hydrogens (primary N) is 1. The molecule has 30 heavy (non-hydrogen) atoms. The van der Waals surface area contributed by atoms with Crippen LogP contribution in [-0.2, 0) is 6.42 Å².